The van der Waals surface area contributed by atoms with Gasteiger partial charge >= 0.3 is 0 Å². The fourth-order valence-electron chi connectivity index (χ4n) is 2.02. The SMILES string of the molecule is Cc1cc(C)cc(CC(O)c2ccc(Cl)s2)c1. The zero-order valence-electron chi connectivity index (χ0n) is 9.90. The maximum absolute atomic E-state index is 10.1. The molecular weight excluding hydrogens is 252 g/mol. The Balaban J connectivity index is 2.15. The van der Waals surface area contributed by atoms with Gasteiger partial charge in [-0.1, -0.05) is 40.9 Å². The van der Waals surface area contributed by atoms with Crippen molar-refractivity contribution in [2.45, 2.75) is 26.4 Å². The number of benzene rings is 1. The monoisotopic (exact) mass is 266 g/mol. The summed E-state index contributed by atoms with van der Waals surface area (Å²) in [5.41, 5.74) is 3.63. The van der Waals surface area contributed by atoms with Gasteiger partial charge in [-0.2, -0.15) is 0 Å². The maximum Gasteiger partial charge on any atom is 0.0932 e. The highest BCUT2D eigenvalue weighted by Gasteiger charge is 2.11. The van der Waals surface area contributed by atoms with Crippen molar-refractivity contribution in [3.63, 3.8) is 0 Å². The first-order chi connectivity index (χ1) is 8.04. The van der Waals surface area contributed by atoms with Crippen LogP contribution in [0.3, 0.4) is 0 Å². The maximum atomic E-state index is 10.1. The minimum Gasteiger partial charge on any atom is -0.387 e. The summed E-state index contributed by atoms with van der Waals surface area (Å²) in [6.45, 7) is 4.15. The molecule has 1 unspecified atom stereocenters. The van der Waals surface area contributed by atoms with Gasteiger partial charge in [0.2, 0.25) is 0 Å². The molecule has 0 aliphatic carbocycles. The lowest BCUT2D eigenvalue weighted by Gasteiger charge is -2.10. The Kier molecular flexibility index (Phi) is 3.87. The van der Waals surface area contributed by atoms with Crippen LogP contribution in [0.5, 0.6) is 0 Å². The lowest BCUT2D eigenvalue weighted by molar-refractivity contribution is 0.182. The molecule has 1 atom stereocenters. The first-order valence-electron chi connectivity index (χ1n) is 5.55. The molecule has 0 amide bonds. The molecule has 0 bridgehead atoms. The predicted octanol–water partition coefficient (Wildman–Crippen LogP) is 4.29. The molecule has 0 spiro atoms. The summed E-state index contributed by atoms with van der Waals surface area (Å²) in [5, 5.41) is 10.1. The number of rotatable bonds is 3. The Labute approximate surface area is 111 Å². The third-order valence-corrected chi connectivity index (χ3v) is 3.97. The van der Waals surface area contributed by atoms with E-state index < -0.39 is 6.10 Å². The lowest BCUT2D eigenvalue weighted by atomic mass is 10.0. The van der Waals surface area contributed by atoms with Crippen molar-refractivity contribution >= 4 is 22.9 Å². The van der Waals surface area contributed by atoms with E-state index in [-0.39, 0.29) is 0 Å². The van der Waals surface area contributed by atoms with Gasteiger partial charge in [0.15, 0.2) is 0 Å². The Morgan fingerprint density at radius 2 is 1.82 bits per heavy atom. The van der Waals surface area contributed by atoms with Crippen LogP contribution >= 0.6 is 22.9 Å². The van der Waals surface area contributed by atoms with Crippen LogP contribution in [0.15, 0.2) is 30.3 Å². The molecule has 0 radical (unpaired) electrons. The molecule has 1 nitrogen and oxygen atoms in total. The van der Waals surface area contributed by atoms with E-state index in [1.807, 2.05) is 12.1 Å². The van der Waals surface area contributed by atoms with Crippen LogP contribution in [0, 0.1) is 13.8 Å². The second-order valence-corrected chi connectivity index (χ2v) is 6.10. The van der Waals surface area contributed by atoms with Crippen molar-refractivity contribution in [2.75, 3.05) is 0 Å². The number of aliphatic hydroxyl groups excluding tert-OH is 1. The largest absolute Gasteiger partial charge is 0.387 e. The van der Waals surface area contributed by atoms with E-state index in [1.54, 1.807) is 0 Å². The average molecular weight is 267 g/mol. The summed E-state index contributed by atoms with van der Waals surface area (Å²) in [7, 11) is 0. The van der Waals surface area contributed by atoms with Crippen LogP contribution in [0.25, 0.3) is 0 Å². The van der Waals surface area contributed by atoms with E-state index in [9.17, 15) is 5.11 Å². The molecule has 3 heteroatoms. The quantitative estimate of drug-likeness (QED) is 0.878. The van der Waals surface area contributed by atoms with Crippen molar-refractivity contribution in [1.82, 2.24) is 0 Å². The number of aryl methyl sites for hydroxylation is 2. The van der Waals surface area contributed by atoms with Gasteiger partial charge in [-0.15, -0.1) is 11.3 Å². The van der Waals surface area contributed by atoms with E-state index >= 15 is 0 Å². The Morgan fingerprint density at radius 1 is 1.18 bits per heavy atom. The molecule has 1 aromatic carbocycles. The Hall–Kier alpha value is -0.830. The molecule has 0 fully saturated rings. The molecule has 0 saturated carbocycles. The third kappa shape index (κ3) is 3.32. The average Bonchev–Trinajstić information content (AvgIpc) is 2.63. The smallest absolute Gasteiger partial charge is 0.0932 e. The normalized spacial score (nSPS) is 12.7. The van der Waals surface area contributed by atoms with E-state index in [4.69, 9.17) is 11.6 Å². The summed E-state index contributed by atoms with van der Waals surface area (Å²) >= 11 is 7.30. The molecule has 1 heterocycles. The van der Waals surface area contributed by atoms with Crippen LogP contribution < -0.4 is 0 Å². The van der Waals surface area contributed by atoms with Gasteiger partial charge in [-0.25, -0.2) is 0 Å². The van der Waals surface area contributed by atoms with Crippen molar-refractivity contribution in [3.05, 3.63) is 56.2 Å². The van der Waals surface area contributed by atoms with Gasteiger partial charge in [0.25, 0.3) is 0 Å². The molecular formula is C14H15ClOS. The third-order valence-electron chi connectivity index (χ3n) is 2.63. The molecule has 0 aliphatic heterocycles. The van der Waals surface area contributed by atoms with Crippen molar-refractivity contribution in [2.24, 2.45) is 0 Å². The van der Waals surface area contributed by atoms with Gasteiger partial charge in [0.1, 0.15) is 0 Å². The topological polar surface area (TPSA) is 20.2 Å². The number of aliphatic hydroxyl groups is 1. The van der Waals surface area contributed by atoms with E-state index in [0.717, 1.165) is 9.21 Å². The highest BCUT2D eigenvalue weighted by atomic mass is 35.5. The number of thiophene rings is 1. The number of halogens is 1. The van der Waals surface area contributed by atoms with Gasteiger partial charge in [-0.05, 0) is 31.5 Å². The van der Waals surface area contributed by atoms with E-state index in [1.165, 1.54) is 28.0 Å². The number of hydrogen-bond donors (Lipinski definition) is 1. The molecule has 0 aliphatic rings. The first kappa shape index (κ1) is 12.6. The molecule has 1 aromatic heterocycles. The molecule has 1 N–H and O–H groups in total. The van der Waals surface area contributed by atoms with Crippen molar-refractivity contribution in [3.8, 4) is 0 Å². The van der Waals surface area contributed by atoms with Gasteiger partial charge in [0.05, 0.1) is 10.4 Å². The van der Waals surface area contributed by atoms with Crippen molar-refractivity contribution in [1.29, 1.82) is 0 Å². The van der Waals surface area contributed by atoms with Crippen LogP contribution in [0.1, 0.15) is 27.7 Å². The zero-order valence-corrected chi connectivity index (χ0v) is 11.5. The van der Waals surface area contributed by atoms with Crippen LogP contribution in [-0.2, 0) is 6.42 Å². The Morgan fingerprint density at radius 3 is 2.35 bits per heavy atom. The first-order valence-corrected chi connectivity index (χ1v) is 6.74. The second kappa shape index (κ2) is 5.21. The summed E-state index contributed by atoms with van der Waals surface area (Å²) in [6.07, 6.45) is 0.174. The van der Waals surface area contributed by atoms with E-state index in [2.05, 4.69) is 32.0 Å². The summed E-state index contributed by atoms with van der Waals surface area (Å²) in [4.78, 5) is 0.925. The molecule has 90 valence electrons. The highest BCUT2D eigenvalue weighted by molar-refractivity contribution is 7.16. The standard InChI is InChI=1S/C14H15ClOS/c1-9-5-10(2)7-11(6-9)8-12(16)13-3-4-14(15)17-13/h3-7,12,16H,8H2,1-2H3. The fraction of sp³-hybridized carbons (Fsp3) is 0.286. The van der Waals surface area contributed by atoms with Gasteiger partial charge in [-0.3, -0.25) is 0 Å². The van der Waals surface area contributed by atoms with Crippen LogP contribution in [0.4, 0.5) is 0 Å². The predicted molar refractivity (Wildman–Crippen MR) is 73.9 cm³/mol. The minimum atomic E-state index is -0.464. The second-order valence-electron chi connectivity index (χ2n) is 4.36. The molecule has 2 rings (SSSR count). The molecule has 0 saturated heterocycles. The lowest BCUT2D eigenvalue weighted by Crippen LogP contribution is -2.00. The Bertz CT molecular complexity index is 498. The van der Waals surface area contributed by atoms with Crippen LogP contribution in [-0.4, -0.2) is 5.11 Å². The van der Waals surface area contributed by atoms with Crippen LogP contribution in [0.2, 0.25) is 4.34 Å². The zero-order chi connectivity index (χ0) is 12.4. The van der Waals surface area contributed by atoms with Gasteiger partial charge < -0.3 is 5.11 Å². The van der Waals surface area contributed by atoms with Gasteiger partial charge in [0, 0.05) is 11.3 Å². The van der Waals surface area contributed by atoms with E-state index in [0.29, 0.717) is 6.42 Å². The number of hydrogen-bond acceptors (Lipinski definition) is 2. The summed E-state index contributed by atoms with van der Waals surface area (Å²) in [6, 6.07) is 10.1. The molecule has 2 aromatic rings. The summed E-state index contributed by atoms with van der Waals surface area (Å²) < 4.78 is 0.722. The fourth-order valence-corrected chi connectivity index (χ4v) is 3.07. The highest BCUT2D eigenvalue weighted by Crippen LogP contribution is 2.29. The minimum absolute atomic E-state index is 0.464. The molecule has 17 heavy (non-hydrogen) atoms. The van der Waals surface area contributed by atoms with Crippen molar-refractivity contribution < 1.29 is 5.11 Å². The summed E-state index contributed by atoms with van der Waals surface area (Å²) in [5.74, 6) is 0.